The largest absolute Gasteiger partial charge is 0.485 e. The molecule has 1 heterocycles. The quantitative estimate of drug-likeness (QED) is 0.878. The predicted octanol–water partition coefficient (Wildman–Crippen LogP) is 2.76. The summed E-state index contributed by atoms with van der Waals surface area (Å²) in [5.74, 6) is 1.44. The molecule has 20 heavy (non-hydrogen) atoms. The van der Waals surface area contributed by atoms with E-state index in [0.717, 1.165) is 23.4 Å². The predicted molar refractivity (Wildman–Crippen MR) is 76.5 cm³/mol. The van der Waals surface area contributed by atoms with Crippen molar-refractivity contribution in [2.24, 2.45) is 0 Å². The van der Waals surface area contributed by atoms with Crippen molar-refractivity contribution in [2.45, 2.75) is 46.9 Å². The number of ether oxygens (including phenoxy) is 1. The summed E-state index contributed by atoms with van der Waals surface area (Å²) in [6.07, 6.45) is 1.30. The van der Waals surface area contributed by atoms with E-state index in [2.05, 4.69) is 59.8 Å². The van der Waals surface area contributed by atoms with Crippen LogP contribution in [-0.4, -0.2) is 16.2 Å². The lowest BCUT2D eigenvalue weighted by molar-refractivity contribution is 0.283. The summed E-state index contributed by atoms with van der Waals surface area (Å²) >= 11 is 0. The maximum Gasteiger partial charge on any atom is 0.213 e. The van der Waals surface area contributed by atoms with Gasteiger partial charge in [-0.05, 0) is 30.5 Å². The van der Waals surface area contributed by atoms with Gasteiger partial charge in [-0.15, -0.1) is 0 Å². The van der Waals surface area contributed by atoms with Crippen LogP contribution >= 0.6 is 0 Å². The SMILES string of the molecule is Cc1cc(CNC(C)C)cc(C)c1OCc1ncon1. The molecule has 0 bridgehead atoms. The molecule has 0 atom stereocenters. The first kappa shape index (κ1) is 14.5. The highest BCUT2D eigenvalue weighted by Crippen LogP contribution is 2.25. The fourth-order valence-corrected chi connectivity index (χ4v) is 2.08. The zero-order valence-electron chi connectivity index (χ0n) is 12.4. The Hall–Kier alpha value is -1.88. The third kappa shape index (κ3) is 3.81. The lowest BCUT2D eigenvalue weighted by Crippen LogP contribution is -2.21. The third-order valence-electron chi connectivity index (χ3n) is 2.99. The molecule has 108 valence electrons. The van der Waals surface area contributed by atoms with Crippen molar-refractivity contribution in [1.82, 2.24) is 15.5 Å². The molecule has 0 saturated carbocycles. The molecule has 0 fully saturated rings. The van der Waals surface area contributed by atoms with E-state index >= 15 is 0 Å². The van der Waals surface area contributed by atoms with E-state index in [-0.39, 0.29) is 0 Å². The molecule has 0 aliphatic heterocycles. The molecule has 0 aliphatic rings. The second-order valence-electron chi connectivity index (χ2n) is 5.23. The van der Waals surface area contributed by atoms with Gasteiger partial charge in [-0.1, -0.05) is 31.1 Å². The van der Waals surface area contributed by atoms with Crippen LogP contribution in [0.1, 0.15) is 36.4 Å². The van der Waals surface area contributed by atoms with Gasteiger partial charge < -0.3 is 14.6 Å². The lowest BCUT2D eigenvalue weighted by atomic mass is 10.1. The topological polar surface area (TPSA) is 60.2 Å². The average molecular weight is 275 g/mol. The summed E-state index contributed by atoms with van der Waals surface area (Å²) in [6.45, 7) is 9.57. The molecular formula is C15H21N3O2. The summed E-state index contributed by atoms with van der Waals surface area (Å²) in [6, 6.07) is 4.77. The molecule has 2 rings (SSSR count). The zero-order valence-corrected chi connectivity index (χ0v) is 12.4. The Kier molecular flexibility index (Phi) is 4.74. The highest BCUT2D eigenvalue weighted by atomic mass is 16.5. The normalized spacial score (nSPS) is 11.1. The van der Waals surface area contributed by atoms with Crippen molar-refractivity contribution < 1.29 is 9.26 Å². The standard InChI is InChI=1S/C15H21N3O2/c1-10(2)16-7-13-5-11(3)15(12(4)6-13)19-8-14-17-9-20-18-14/h5-6,9-10,16H,7-8H2,1-4H3. The van der Waals surface area contributed by atoms with Gasteiger partial charge in [-0.2, -0.15) is 4.98 Å². The highest BCUT2D eigenvalue weighted by Gasteiger charge is 2.08. The first-order valence-corrected chi connectivity index (χ1v) is 6.78. The summed E-state index contributed by atoms with van der Waals surface area (Å²) in [5.41, 5.74) is 3.50. The van der Waals surface area contributed by atoms with E-state index in [1.807, 2.05) is 0 Å². The van der Waals surface area contributed by atoms with Crippen LogP contribution in [0.25, 0.3) is 0 Å². The average Bonchev–Trinajstić information content (AvgIpc) is 2.88. The van der Waals surface area contributed by atoms with Crippen LogP contribution < -0.4 is 10.1 Å². The minimum absolute atomic E-state index is 0.321. The van der Waals surface area contributed by atoms with E-state index in [4.69, 9.17) is 4.74 Å². The van der Waals surface area contributed by atoms with Gasteiger partial charge in [0, 0.05) is 12.6 Å². The molecule has 5 heteroatoms. The van der Waals surface area contributed by atoms with Crippen molar-refractivity contribution >= 4 is 0 Å². The van der Waals surface area contributed by atoms with E-state index in [1.54, 1.807) is 0 Å². The number of nitrogens with zero attached hydrogens (tertiary/aromatic N) is 2. The van der Waals surface area contributed by atoms with Crippen LogP contribution in [0, 0.1) is 13.8 Å². The Labute approximate surface area is 119 Å². The van der Waals surface area contributed by atoms with Gasteiger partial charge in [0.25, 0.3) is 0 Å². The Morgan fingerprint density at radius 2 is 1.95 bits per heavy atom. The Bertz CT molecular complexity index is 527. The lowest BCUT2D eigenvalue weighted by Gasteiger charge is -2.14. The van der Waals surface area contributed by atoms with Gasteiger partial charge in [0.1, 0.15) is 5.75 Å². The van der Waals surface area contributed by atoms with Crippen molar-refractivity contribution in [2.75, 3.05) is 0 Å². The molecule has 1 N–H and O–H groups in total. The fourth-order valence-electron chi connectivity index (χ4n) is 2.08. The van der Waals surface area contributed by atoms with E-state index in [9.17, 15) is 0 Å². The first-order chi connectivity index (χ1) is 9.56. The van der Waals surface area contributed by atoms with Gasteiger partial charge in [-0.3, -0.25) is 0 Å². The summed E-state index contributed by atoms with van der Waals surface area (Å²) in [4.78, 5) is 3.94. The van der Waals surface area contributed by atoms with Gasteiger partial charge in [-0.25, -0.2) is 0 Å². The van der Waals surface area contributed by atoms with E-state index in [1.165, 1.54) is 12.0 Å². The number of aromatic nitrogens is 2. The third-order valence-corrected chi connectivity index (χ3v) is 2.99. The van der Waals surface area contributed by atoms with Crippen LogP contribution in [0.15, 0.2) is 23.0 Å². The maximum absolute atomic E-state index is 5.79. The van der Waals surface area contributed by atoms with Crippen LogP contribution in [0.5, 0.6) is 5.75 Å². The number of hydrogen-bond donors (Lipinski definition) is 1. The summed E-state index contributed by atoms with van der Waals surface area (Å²) in [7, 11) is 0. The molecular weight excluding hydrogens is 254 g/mol. The molecule has 0 saturated heterocycles. The molecule has 1 aromatic carbocycles. The van der Waals surface area contributed by atoms with Crippen LogP contribution in [0.3, 0.4) is 0 Å². The highest BCUT2D eigenvalue weighted by molar-refractivity contribution is 5.43. The minimum Gasteiger partial charge on any atom is -0.485 e. The van der Waals surface area contributed by atoms with E-state index < -0.39 is 0 Å². The summed E-state index contributed by atoms with van der Waals surface area (Å²) in [5, 5.41) is 7.15. The molecule has 0 amide bonds. The van der Waals surface area contributed by atoms with Crippen molar-refractivity contribution in [3.05, 3.63) is 41.0 Å². The van der Waals surface area contributed by atoms with Crippen molar-refractivity contribution in [1.29, 1.82) is 0 Å². The zero-order chi connectivity index (χ0) is 14.5. The Balaban J connectivity index is 2.06. The molecule has 5 nitrogen and oxygen atoms in total. The maximum atomic E-state index is 5.79. The number of benzene rings is 1. The van der Waals surface area contributed by atoms with Crippen molar-refractivity contribution in [3.8, 4) is 5.75 Å². The Morgan fingerprint density at radius 3 is 2.50 bits per heavy atom. The molecule has 0 aliphatic carbocycles. The van der Waals surface area contributed by atoms with Gasteiger partial charge in [0.05, 0.1) is 0 Å². The molecule has 0 spiro atoms. The summed E-state index contributed by atoms with van der Waals surface area (Å²) < 4.78 is 10.5. The van der Waals surface area contributed by atoms with Gasteiger partial charge >= 0.3 is 0 Å². The van der Waals surface area contributed by atoms with E-state index in [0.29, 0.717) is 18.5 Å². The number of aryl methyl sites for hydroxylation is 2. The minimum atomic E-state index is 0.321. The molecule has 0 unspecified atom stereocenters. The smallest absolute Gasteiger partial charge is 0.213 e. The van der Waals surface area contributed by atoms with Crippen molar-refractivity contribution in [3.63, 3.8) is 0 Å². The fraction of sp³-hybridized carbons (Fsp3) is 0.467. The molecule has 1 aromatic heterocycles. The number of rotatable bonds is 6. The van der Waals surface area contributed by atoms with Crippen LogP contribution in [-0.2, 0) is 13.2 Å². The van der Waals surface area contributed by atoms with Crippen LogP contribution in [0.2, 0.25) is 0 Å². The number of nitrogens with one attached hydrogen (secondary N) is 1. The second-order valence-corrected chi connectivity index (χ2v) is 5.23. The molecule has 0 radical (unpaired) electrons. The second kappa shape index (κ2) is 6.52. The monoisotopic (exact) mass is 275 g/mol. The van der Waals surface area contributed by atoms with Gasteiger partial charge in [0.15, 0.2) is 6.61 Å². The first-order valence-electron chi connectivity index (χ1n) is 6.78. The Morgan fingerprint density at radius 1 is 1.25 bits per heavy atom. The van der Waals surface area contributed by atoms with Crippen LogP contribution in [0.4, 0.5) is 0 Å². The molecule has 2 aromatic rings. The van der Waals surface area contributed by atoms with Gasteiger partial charge in [0.2, 0.25) is 12.2 Å². The number of hydrogen-bond acceptors (Lipinski definition) is 5.